The van der Waals surface area contributed by atoms with Crippen LogP contribution in [0.3, 0.4) is 0 Å². The summed E-state index contributed by atoms with van der Waals surface area (Å²) in [6.07, 6.45) is 1.73. The van der Waals surface area contributed by atoms with Crippen LogP contribution < -0.4 is 0 Å². The second kappa shape index (κ2) is 4.50. The van der Waals surface area contributed by atoms with E-state index in [4.69, 9.17) is 0 Å². The zero-order valence-corrected chi connectivity index (χ0v) is 11.1. The van der Waals surface area contributed by atoms with Crippen molar-refractivity contribution < 1.29 is 0 Å². The molecule has 0 amide bonds. The van der Waals surface area contributed by atoms with Crippen molar-refractivity contribution in [2.45, 2.75) is 0 Å². The molecule has 0 atom stereocenters. The molecule has 0 bridgehead atoms. The van der Waals surface area contributed by atoms with Crippen LogP contribution in [0.2, 0.25) is 0 Å². The third-order valence-electron chi connectivity index (χ3n) is 2.88. The van der Waals surface area contributed by atoms with Crippen LogP contribution in [0.1, 0.15) is 0 Å². The highest BCUT2D eigenvalue weighted by Crippen LogP contribution is 2.28. The van der Waals surface area contributed by atoms with E-state index in [9.17, 15) is 0 Å². The van der Waals surface area contributed by atoms with Crippen molar-refractivity contribution in [3.05, 3.63) is 48.7 Å². The highest BCUT2D eigenvalue weighted by atomic mass is 32.1. The van der Waals surface area contributed by atoms with Crippen LogP contribution in [0.4, 0.5) is 0 Å². The zero-order chi connectivity index (χ0) is 13.4. The van der Waals surface area contributed by atoms with E-state index in [0.29, 0.717) is 11.6 Å². The maximum Gasteiger partial charge on any atom is 0.200 e. The average Bonchev–Trinajstić information content (AvgIpc) is 3.14. The predicted octanol–water partition coefficient (Wildman–Crippen LogP) is 3.14. The van der Waals surface area contributed by atoms with Gasteiger partial charge in [-0.1, -0.05) is 18.2 Å². The first-order valence-electron chi connectivity index (χ1n) is 6.10. The lowest BCUT2D eigenvalue weighted by Gasteiger charge is -1.90. The van der Waals surface area contributed by atoms with Crippen molar-refractivity contribution in [1.82, 2.24) is 25.1 Å². The van der Waals surface area contributed by atoms with E-state index in [1.54, 1.807) is 17.5 Å². The van der Waals surface area contributed by atoms with Gasteiger partial charge in [0.1, 0.15) is 5.69 Å². The van der Waals surface area contributed by atoms with Gasteiger partial charge in [0.15, 0.2) is 16.7 Å². The summed E-state index contributed by atoms with van der Waals surface area (Å²) >= 11 is 1.59. The molecule has 20 heavy (non-hydrogen) atoms. The molecule has 96 valence electrons. The summed E-state index contributed by atoms with van der Waals surface area (Å²) in [5, 5.41) is 7.96. The summed E-state index contributed by atoms with van der Waals surface area (Å²) in [7, 11) is 0. The maximum absolute atomic E-state index is 4.55. The first-order chi connectivity index (χ1) is 9.90. The van der Waals surface area contributed by atoms with Gasteiger partial charge in [0, 0.05) is 6.20 Å². The number of fused-ring (bicyclic) bond motifs is 1. The molecule has 0 fully saturated rings. The number of nitrogens with zero attached hydrogens (tertiary/aromatic N) is 4. The Morgan fingerprint density at radius 1 is 0.950 bits per heavy atom. The number of hydrogen-bond acceptors (Lipinski definition) is 5. The van der Waals surface area contributed by atoms with Crippen molar-refractivity contribution >= 4 is 21.6 Å². The number of hydrogen-bond donors (Lipinski definition) is 1. The van der Waals surface area contributed by atoms with Crippen molar-refractivity contribution in [2.24, 2.45) is 0 Å². The summed E-state index contributed by atoms with van der Waals surface area (Å²) in [6, 6.07) is 13.7. The fourth-order valence-electron chi connectivity index (χ4n) is 1.94. The predicted molar refractivity (Wildman–Crippen MR) is 78.2 cm³/mol. The fourth-order valence-corrected chi connectivity index (χ4v) is 2.85. The van der Waals surface area contributed by atoms with Crippen LogP contribution in [-0.4, -0.2) is 25.1 Å². The number of benzene rings is 1. The molecule has 3 heterocycles. The summed E-state index contributed by atoms with van der Waals surface area (Å²) < 4.78 is 1.14. The molecule has 0 aliphatic rings. The number of para-hydroxylation sites is 1. The normalized spacial score (nSPS) is 11.0. The Morgan fingerprint density at radius 3 is 2.70 bits per heavy atom. The van der Waals surface area contributed by atoms with Gasteiger partial charge in [0.2, 0.25) is 0 Å². The molecule has 4 aromatic rings. The van der Waals surface area contributed by atoms with Crippen LogP contribution in [0.5, 0.6) is 0 Å². The molecule has 1 aromatic carbocycles. The number of aromatic nitrogens is 5. The molecule has 4 rings (SSSR count). The van der Waals surface area contributed by atoms with E-state index in [2.05, 4.69) is 25.1 Å². The van der Waals surface area contributed by atoms with E-state index in [-0.39, 0.29) is 0 Å². The third-order valence-corrected chi connectivity index (χ3v) is 3.92. The number of aromatic amines is 1. The van der Waals surface area contributed by atoms with Crippen molar-refractivity contribution in [3.63, 3.8) is 0 Å². The molecular formula is C14H9N5S. The van der Waals surface area contributed by atoms with Crippen LogP contribution in [0.15, 0.2) is 48.7 Å². The summed E-state index contributed by atoms with van der Waals surface area (Å²) in [5.41, 5.74) is 1.72. The van der Waals surface area contributed by atoms with Gasteiger partial charge in [-0.3, -0.25) is 10.1 Å². The minimum Gasteiger partial charge on any atom is -0.257 e. The smallest absolute Gasteiger partial charge is 0.200 e. The Hall–Kier alpha value is -2.60. The highest BCUT2D eigenvalue weighted by molar-refractivity contribution is 7.21. The van der Waals surface area contributed by atoms with Crippen LogP contribution in [0.25, 0.3) is 32.6 Å². The van der Waals surface area contributed by atoms with Crippen LogP contribution in [0, 0.1) is 0 Å². The number of H-pyrrole nitrogens is 1. The lowest BCUT2D eigenvalue weighted by Crippen LogP contribution is -1.83. The number of pyridine rings is 1. The SMILES string of the molecule is c1ccc(-c2n[nH]c(-c3nc4ccccc4s3)n2)nc1. The Balaban J connectivity index is 1.78. The fraction of sp³-hybridized carbons (Fsp3) is 0. The molecule has 3 aromatic heterocycles. The molecule has 6 heteroatoms. The second-order valence-electron chi connectivity index (χ2n) is 4.21. The summed E-state index contributed by atoms with van der Waals surface area (Å²) in [6.45, 7) is 0. The Morgan fingerprint density at radius 2 is 1.85 bits per heavy atom. The molecule has 0 saturated heterocycles. The van der Waals surface area contributed by atoms with Gasteiger partial charge < -0.3 is 0 Å². The molecular weight excluding hydrogens is 270 g/mol. The minimum absolute atomic E-state index is 0.583. The third kappa shape index (κ3) is 1.86. The first-order valence-corrected chi connectivity index (χ1v) is 6.91. The van der Waals surface area contributed by atoms with Gasteiger partial charge >= 0.3 is 0 Å². The summed E-state index contributed by atoms with van der Waals surface area (Å²) in [4.78, 5) is 13.3. The highest BCUT2D eigenvalue weighted by Gasteiger charge is 2.12. The molecule has 0 saturated carbocycles. The Kier molecular flexibility index (Phi) is 2.53. The van der Waals surface area contributed by atoms with E-state index in [1.807, 2.05) is 42.5 Å². The lowest BCUT2D eigenvalue weighted by atomic mass is 10.3. The molecule has 0 radical (unpaired) electrons. The molecule has 0 unspecified atom stereocenters. The number of thiazole rings is 1. The number of rotatable bonds is 2. The Bertz CT molecular complexity index is 832. The molecule has 0 aliphatic carbocycles. The zero-order valence-electron chi connectivity index (χ0n) is 10.3. The molecule has 0 spiro atoms. The standard InChI is InChI=1S/C14H9N5S/c1-2-7-11-9(5-1)16-14(20-11)13-17-12(18-19-13)10-6-3-4-8-15-10/h1-8H,(H,17,18,19). The number of nitrogens with one attached hydrogen (secondary N) is 1. The van der Waals surface area contributed by atoms with E-state index in [1.165, 1.54) is 0 Å². The summed E-state index contributed by atoms with van der Waals surface area (Å²) in [5.74, 6) is 1.26. The quantitative estimate of drug-likeness (QED) is 0.612. The van der Waals surface area contributed by atoms with E-state index < -0.39 is 0 Å². The van der Waals surface area contributed by atoms with Gasteiger partial charge in [-0.25, -0.2) is 9.97 Å². The van der Waals surface area contributed by atoms with Gasteiger partial charge in [-0.05, 0) is 24.3 Å². The van der Waals surface area contributed by atoms with E-state index >= 15 is 0 Å². The van der Waals surface area contributed by atoms with Crippen molar-refractivity contribution in [3.8, 4) is 22.4 Å². The van der Waals surface area contributed by atoms with Gasteiger partial charge in [0.05, 0.1) is 10.2 Å². The van der Waals surface area contributed by atoms with Crippen molar-refractivity contribution in [1.29, 1.82) is 0 Å². The largest absolute Gasteiger partial charge is 0.257 e. The monoisotopic (exact) mass is 279 g/mol. The minimum atomic E-state index is 0.583. The topological polar surface area (TPSA) is 67.3 Å². The van der Waals surface area contributed by atoms with Crippen LogP contribution >= 0.6 is 11.3 Å². The molecule has 5 nitrogen and oxygen atoms in total. The van der Waals surface area contributed by atoms with Crippen LogP contribution in [-0.2, 0) is 0 Å². The van der Waals surface area contributed by atoms with Gasteiger partial charge in [0.25, 0.3) is 0 Å². The van der Waals surface area contributed by atoms with Crippen molar-refractivity contribution in [2.75, 3.05) is 0 Å². The Labute approximate surface area is 118 Å². The maximum atomic E-state index is 4.55. The second-order valence-corrected chi connectivity index (χ2v) is 5.24. The molecule has 1 N–H and O–H groups in total. The van der Waals surface area contributed by atoms with E-state index in [0.717, 1.165) is 20.9 Å². The molecule has 0 aliphatic heterocycles. The average molecular weight is 279 g/mol. The van der Waals surface area contributed by atoms with Gasteiger partial charge in [-0.2, -0.15) is 5.10 Å². The first kappa shape index (κ1) is 11.2. The lowest BCUT2D eigenvalue weighted by molar-refractivity contribution is 1.09. The van der Waals surface area contributed by atoms with Gasteiger partial charge in [-0.15, -0.1) is 11.3 Å².